The molecule has 0 aliphatic rings. The van der Waals surface area contributed by atoms with E-state index in [-0.39, 0.29) is 5.63 Å². The fraction of sp³-hybridized carbons (Fsp3) is 0.0833. The molecule has 0 radical (unpaired) electrons. The highest BCUT2D eigenvalue weighted by Gasteiger charge is 2.12. The lowest BCUT2D eigenvalue weighted by molar-refractivity contribution is 0.556. The number of para-hydroxylation sites is 2. The number of H-pyrrole nitrogens is 1. The topological polar surface area (TPSA) is 89.6 Å². The summed E-state index contributed by atoms with van der Waals surface area (Å²) < 4.78 is 7.21. The molecule has 0 unspecified atom stereocenters. The van der Waals surface area contributed by atoms with Crippen LogP contribution in [-0.4, -0.2) is 25.0 Å². The molecule has 1 N–H and O–H groups in total. The van der Waals surface area contributed by atoms with Gasteiger partial charge in [0.05, 0.1) is 23.3 Å². The van der Waals surface area contributed by atoms with E-state index in [1.807, 2.05) is 66.9 Å². The minimum Gasteiger partial charge on any atom is -0.423 e. The van der Waals surface area contributed by atoms with Crippen LogP contribution in [0.2, 0.25) is 0 Å². The van der Waals surface area contributed by atoms with Crippen LogP contribution in [0.15, 0.2) is 87.3 Å². The molecule has 3 heterocycles. The molecule has 0 spiro atoms. The van der Waals surface area contributed by atoms with Crippen molar-refractivity contribution in [2.24, 2.45) is 0 Å². The maximum Gasteiger partial charge on any atom is 0.336 e. The maximum atomic E-state index is 12.1. The molecule has 156 valence electrons. The van der Waals surface area contributed by atoms with Gasteiger partial charge in [0, 0.05) is 23.4 Å². The van der Waals surface area contributed by atoms with Crippen LogP contribution >= 0.6 is 11.8 Å². The van der Waals surface area contributed by atoms with Crippen LogP contribution in [0.25, 0.3) is 32.8 Å². The minimum absolute atomic E-state index is 0.372. The molecule has 32 heavy (non-hydrogen) atoms. The van der Waals surface area contributed by atoms with Crippen LogP contribution in [0.1, 0.15) is 11.3 Å². The van der Waals surface area contributed by atoms with Gasteiger partial charge in [-0.1, -0.05) is 59.4 Å². The number of hydrogen-bond acceptors (Lipinski definition) is 6. The number of imidazole rings is 1. The van der Waals surface area contributed by atoms with Crippen LogP contribution in [-0.2, 0) is 12.3 Å². The monoisotopic (exact) mass is 439 g/mol. The van der Waals surface area contributed by atoms with Gasteiger partial charge in [0.25, 0.3) is 0 Å². The zero-order valence-corrected chi connectivity index (χ0v) is 17.7. The van der Waals surface area contributed by atoms with Gasteiger partial charge in [-0.05, 0) is 34.5 Å². The molecular formula is C24H17N5O2S. The third-order valence-electron chi connectivity index (χ3n) is 5.36. The third-order valence-corrected chi connectivity index (χ3v) is 6.26. The summed E-state index contributed by atoms with van der Waals surface area (Å²) in [6, 6.07) is 21.4. The van der Waals surface area contributed by atoms with Crippen molar-refractivity contribution in [3.05, 3.63) is 94.6 Å². The van der Waals surface area contributed by atoms with Crippen molar-refractivity contribution in [1.82, 2.24) is 25.0 Å². The molecule has 6 rings (SSSR count). The number of hydrogen-bond donors (Lipinski definition) is 1. The fourth-order valence-corrected chi connectivity index (χ4v) is 4.70. The number of thioether (sulfide) groups is 1. The standard InChI is InChI=1S/C24H17N5O2S/c30-22-11-16(23-18-6-2-1-5-15(18)9-10-21(23)31-22)12-29-13-17(27-28-29)14-32-24-25-19-7-3-4-8-20(19)26-24/h1-11,13H,12,14H2,(H,25,26). The summed E-state index contributed by atoms with van der Waals surface area (Å²) in [5.74, 6) is 0.639. The van der Waals surface area contributed by atoms with Gasteiger partial charge in [-0.15, -0.1) is 5.10 Å². The first kappa shape index (κ1) is 18.8. The third kappa shape index (κ3) is 3.44. The average molecular weight is 440 g/mol. The number of aromatic amines is 1. The van der Waals surface area contributed by atoms with Gasteiger partial charge in [0.2, 0.25) is 0 Å². The van der Waals surface area contributed by atoms with E-state index < -0.39 is 0 Å². The second-order valence-corrected chi connectivity index (χ2v) is 8.47. The Balaban J connectivity index is 1.28. The average Bonchev–Trinajstić information content (AvgIpc) is 3.43. The number of nitrogens with one attached hydrogen (secondary N) is 1. The van der Waals surface area contributed by atoms with Gasteiger partial charge >= 0.3 is 5.63 Å². The van der Waals surface area contributed by atoms with Gasteiger partial charge < -0.3 is 9.40 Å². The molecule has 0 saturated carbocycles. The van der Waals surface area contributed by atoms with Gasteiger partial charge in [0.1, 0.15) is 5.58 Å². The zero-order chi connectivity index (χ0) is 21.5. The van der Waals surface area contributed by atoms with Gasteiger partial charge in [-0.3, -0.25) is 0 Å². The van der Waals surface area contributed by atoms with E-state index in [0.29, 0.717) is 17.9 Å². The second-order valence-electron chi connectivity index (χ2n) is 7.51. The molecule has 8 heteroatoms. The molecule has 3 aromatic carbocycles. The number of nitrogens with zero attached hydrogens (tertiary/aromatic N) is 4. The SMILES string of the molecule is O=c1cc(Cn2cc(CSc3nc4ccccc4[nH]3)nn2)c2c(ccc3ccccc32)o1. The highest BCUT2D eigenvalue weighted by molar-refractivity contribution is 7.98. The van der Waals surface area contributed by atoms with Gasteiger partial charge in [-0.25, -0.2) is 14.5 Å². The normalized spacial score (nSPS) is 11.6. The van der Waals surface area contributed by atoms with E-state index in [2.05, 4.69) is 20.3 Å². The molecule has 0 aliphatic carbocycles. The first-order chi connectivity index (χ1) is 15.7. The summed E-state index contributed by atoms with van der Waals surface area (Å²) in [4.78, 5) is 20.0. The summed E-state index contributed by atoms with van der Waals surface area (Å²) in [6.45, 7) is 0.429. The first-order valence-corrected chi connectivity index (χ1v) is 11.1. The lowest BCUT2D eigenvalue weighted by Gasteiger charge is -2.08. The Bertz CT molecular complexity index is 1620. The van der Waals surface area contributed by atoms with E-state index in [0.717, 1.165) is 43.6 Å². The number of fused-ring (bicyclic) bond motifs is 4. The Labute approximate surface area is 186 Å². The van der Waals surface area contributed by atoms with E-state index in [9.17, 15) is 4.79 Å². The van der Waals surface area contributed by atoms with E-state index in [1.54, 1.807) is 22.5 Å². The van der Waals surface area contributed by atoms with Crippen molar-refractivity contribution < 1.29 is 4.42 Å². The molecule has 0 bridgehead atoms. The van der Waals surface area contributed by atoms with Gasteiger partial charge in [0.15, 0.2) is 5.16 Å². The molecular weight excluding hydrogens is 422 g/mol. The van der Waals surface area contributed by atoms with Crippen LogP contribution in [0.4, 0.5) is 0 Å². The summed E-state index contributed by atoms with van der Waals surface area (Å²) in [5, 5.41) is 12.5. The quantitative estimate of drug-likeness (QED) is 0.237. The minimum atomic E-state index is -0.372. The molecule has 0 aliphatic heterocycles. The number of rotatable bonds is 5. The van der Waals surface area contributed by atoms with Gasteiger partial charge in [-0.2, -0.15) is 0 Å². The molecule has 0 saturated heterocycles. The first-order valence-electron chi connectivity index (χ1n) is 10.1. The lowest BCUT2D eigenvalue weighted by atomic mass is 10.0. The number of benzene rings is 3. The molecule has 0 amide bonds. The molecule has 0 fully saturated rings. The highest BCUT2D eigenvalue weighted by atomic mass is 32.2. The van der Waals surface area contributed by atoms with Crippen LogP contribution < -0.4 is 5.63 Å². The zero-order valence-electron chi connectivity index (χ0n) is 16.9. The predicted molar refractivity (Wildman–Crippen MR) is 125 cm³/mol. The van der Waals surface area contributed by atoms with Crippen molar-refractivity contribution in [3.8, 4) is 0 Å². The van der Waals surface area contributed by atoms with E-state index >= 15 is 0 Å². The smallest absolute Gasteiger partial charge is 0.336 e. The molecule has 6 aromatic rings. The van der Waals surface area contributed by atoms with Crippen molar-refractivity contribution in [3.63, 3.8) is 0 Å². The van der Waals surface area contributed by atoms with Crippen LogP contribution in [0, 0.1) is 0 Å². The predicted octanol–water partition coefficient (Wildman–Crippen LogP) is 4.75. The number of aromatic nitrogens is 5. The lowest BCUT2D eigenvalue weighted by Crippen LogP contribution is -2.06. The fourth-order valence-electron chi connectivity index (χ4n) is 3.94. The highest BCUT2D eigenvalue weighted by Crippen LogP contribution is 2.28. The summed E-state index contributed by atoms with van der Waals surface area (Å²) in [5.41, 5.74) is 3.86. The second kappa shape index (κ2) is 7.65. The molecule has 0 atom stereocenters. The van der Waals surface area contributed by atoms with E-state index in [4.69, 9.17) is 4.42 Å². The summed E-state index contributed by atoms with van der Waals surface area (Å²) in [6.07, 6.45) is 1.90. The van der Waals surface area contributed by atoms with Crippen molar-refractivity contribution >= 4 is 44.5 Å². The van der Waals surface area contributed by atoms with Crippen molar-refractivity contribution in [1.29, 1.82) is 0 Å². The summed E-state index contributed by atoms with van der Waals surface area (Å²) >= 11 is 1.58. The Morgan fingerprint density at radius 2 is 1.91 bits per heavy atom. The Morgan fingerprint density at radius 1 is 1.03 bits per heavy atom. The molecule has 3 aromatic heterocycles. The van der Waals surface area contributed by atoms with Crippen molar-refractivity contribution in [2.75, 3.05) is 0 Å². The summed E-state index contributed by atoms with van der Waals surface area (Å²) in [7, 11) is 0. The maximum absolute atomic E-state index is 12.1. The Morgan fingerprint density at radius 3 is 2.84 bits per heavy atom. The van der Waals surface area contributed by atoms with Crippen LogP contribution in [0.5, 0.6) is 0 Å². The van der Waals surface area contributed by atoms with E-state index in [1.165, 1.54) is 0 Å². The Hall–Kier alpha value is -3.91. The molecule has 7 nitrogen and oxygen atoms in total. The van der Waals surface area contributed by atoms with Crippen molar-refractivity contribution in [2.45, 2.75) is 17.5 Å². The Kier molecular flexibility index (Phi) is 4.50. The largest absolute Gasteiger partial charge is 0.423 e. The van der Waals surface area contributed by atoms with Crippen LogP contribution in [0.3, 0.4) is 0 Å².